The molecule has 0 spiro atoms. The topological polar surface area (TPSA) is 155 Å². The van der Waals surface area contributed by atoms with Gasteiger partial charge in [-0.1, -0.05) is 6.07 Å². The third kappa shape index (κ3) is 2.62. The van der Waals surface area contributed by atoms with Crippen LogP contribution in [0, 0.1) is 20.9 Å². The van der Waals surface area contributed by atoms with Crippen molar-refractivity contribution < 1.29 is 4.92 Å². The van der Waals surface area contributed by atoms with Crippen LogP contribution in [0.1, 0.15) is 5.56 Å². The van der Waals surface area contributed by atoms with Crippen LogP contribution in [0.2, 0.25) is 0 Å². The first-order valence-corrected chi connectivity index (χ1v) is 4.43. The van der Waals surface area contributed by atoms with Gasteiger partial charge in [-0.15, -0.1) is 0 Å². The Morgan fingerprint density at radius 1 is 1.47 bits per heavy atom. The zero-order valence-corrected chi connectivity index (χ0v) is 8.68. The number of nitro benzene ring substituents is 1. The van der Waals surface area contributed by atoms with E-state index in [2.05, 4.69) is 4.99 Å². The number of nitrogens with one attached hydrogen (secondary N) is 2. The number of hydrogen-bond acceptors (Lipinski definition) is 5. The summed E-state index contributed by atoms with van der Waals surface area (Å²) in [4.78, 5) is 13.8. The van der Waals surface area contributed by atoms with Crippen molar-refractivity contribution in [2.75, 3.05) is 0 Å². The Bertz CT molecular complexity index is 522. The fourth-order valence-electron chi connectivity index (χ4n) is 1.14. The van der Waals surface area contributed by atoms with E-state index in [0.29, 0.717) is 0 Å². The first-order valence-electron chi connectivity index (χ1n) is 4.43. The summed E-state index contributed by atoms with van der Waals surface area (Å²) >= 11 is 0. The van der Waals surface area contributed by atoms with Gasteiger partial charge in [0.25, 0.3) is 5.69 Å². The maximum atomic E-state index is 10.7. The van der Waals surface area contributed by atoms with E-state index in [0.717, 1.165) is 6.21 Å². The molecule has 0 amide bonds. The molecule has 1 aromatic rings. The summed E-state index contributed by atoms with van der Waals surface area (Å²) in [7, 11) is 0. The van der Waals surface area contributed by atoms with E-state index in [9.17, 15) is 10.1 Å². The lowest BCUT2D eigenvalue weighted by molar-refractivity contribution is -0.384. The Balaban J connectivity index is 3.40. The Kier molecular flexibility index (Phi) is 3.50. The molecular formula is C9H10N6O2. The van der Waals surface area contributed by atoms with Gasteiger partial charge in [0.15, 0.2) is 11.7 Å². The fourth-order valence-corrected chi connectivity index (χ4v) is 1.14. The molecule has 17 heavy (non-hydrogen) atoms. The minimum atomic E-state index is -0.622. The molecule has 6 N–H and O–H groups in total. The molecule has 8 heteroatoms. The molecule has 8 nitrogen and oxygen atoms in total. The predicted octanol–water partition coefficient (Wildman–Crippen LogP) is 0.517. The molecule has 0 saturated carbocycles. The number of amidine groups is 2. The standard InChI is InChI=1S/C9H10N6O2/c10-4-5-6(14-9(13)8(11)12)2-1-3-7(5)15(16)17/h1-4,10H,(H3,11,12)(H2,13,14). The second kappa shape index (κ2) is 4.84. The normalized spacial score (nSPS) is 10.9. The van der Waals surface area contributed by atoms with E-state index in [4.69, 9.17) is 22.3 Å². The van der Waals surface area contributed by atoms with Crippen molar-refractivity contribution in [1.82, 2.24) is 0 Å². The molecule has 0 unspecified atom stereocenters. The summed E-state index contributed by atoms with van der Waals surface area (Å²) in [6.07, 6.45) is 0.810. The predicted molar refractivity (Wildman–Crippen MR) is 64.2 cm³/mol. The average molecular weight is 234 g/mol. The molecular weight excluding hydrogens is 224 g/mol. The summed E-state index contributed by atoms with van der Waals surface area (Å²) in [5.74, 6) is -0.693. The van der Waals surface area contributed by atoms with Crippen LogP contribution in [0.4, 0.5) is 11.4 Å². The van der Waals surface area contributed by atoms with Crippen LogP contribution in [0.15, 0.2) is 23.2 Å². The van der Waals surface area contributed by atoms with Crippen molar-refractivity contribution in [3.05, 3.63) is 33.9 Å². The Morgan fingerprint density at radius 3 is 2.59 bits per heavy atom. The number of benzene rings is 1. The molecule has 0 fully saturated rings. The summed E-state index contributed by atoms with van der Waals surface area (Å²) in [6.45, 7) is 0. The van der Waals surface area contributed by atoms with E-state index in [1.807, 2.05) is 0 Å². The maximum Gasteiger partial charge on any atom is 0.280 e. The first kappa shape index (κ1) is 12.3. The van der Waals surface area contributed by atoms with Crippen LogP contribution < -0.4 is 11.5 Å². The lowest BCUT2D eigenvalue weighted by atomic mass is 10.1. The largest absolute Gasteiger partial charge is 0.381 e. The second-order valence-corrected chi connectivity index (χ2v) is 3.02. The van der Waals surface area contributed by atoms with Gasteiger partial charge in [-0.25, -0.2) is 4.99 Å². The van der Waals surface area contributed by atoms with Crippen molar-refractivity contribution in [2.45, 2.75) is 0 Å². The Morgan fingerprint density at radius 2 is 2.12 bits per heavy atom. The van der Waals surface area contributed by atoms with Crippen LogP contribution in [0.5, 0.6) is 0 Å². The van der Waals surface area contributed by atoms with Gasteiger partial charge in [-0.05, 0) is 6.07 Å². The monoisotopic (exact) mass is 234 g/mol. The zero-order chi connectivity index (χ0) is 13.0. The van der Waals surface area contributed by atoms with Crippen LogP contribution in [-0.2, 0) is 0 Å². The van der Waals surface area contributed by atoms with Crippen molar-refractivity contribution >= 4 is 29.3 Å². The van der Waals surface area contributed by atoms with E-state index in [1.54, 1.807) is 0 Å². The molecule has 0 aromatic heterocycles. The molecule has 88 valence electrons. The van der Waals surface area contributed by atoms with Gasteiger partial charge in [0.05, 0.1) is 16.2 Å². The van der Waals surface area contributed by atoms with Gasteiger partial charge in [-0.3, -0.25) is 15.5 Å². The van der Waals surface area contributed by atoms with Crippen LogP contribution >= 0.6 is 0 Å². The van der Waals surface area contributed by atoms with Crippen LogP contribution in [0.3, 0.4) is 0 Å². The molecule has 0 saturated heterocycles. The van der Waals surface area contributed by atoms with Gasteiger partial charge in [0.1, 0.15) is 0 Å². The van der Waals surface area contributed by atoms with E-state index >= 15 is 0 Å². The average Bonchev–Trinajstić information content (AvgIpc) is 2.28. The van der Waals surface area contributed by atoms with Gasteiger partial charge in [0, 0.05) is 12.3 Å². The lowest BCUT2D eigenvalue weighted by Crippen LogP contribution is -2.29. The summed E-state index contributed by atoms with van der Waals surface area (Å²) in [5.41, 5.74) is 10.4. The van der Waals surface area contributed by atoms with Gasteiger partial charge in [0.2, 0.25) is 0 Å². The van der Waals surface area contributed by atoms with E-state index in [-0.39, 0.29) is 22.8 Å². The number of aliphatic imine (C=N–C) groups is 1. The second-order valence-electron chi connectivity index (χ2n) is 3.02. The summed E-state index contributed by atoms with van der Waals surface area (Å²) < 4.78 is 0. The molecule has 0 heterocycles. The highest BCUT2D eigenvalue weighted by atomic mass is 16.6. The number of nitrogens with two attached hydrogens (primary N) is 2. The van der Waals surface area contributed by atoms with Crippen molar-refractivity contribution in [3.63, 3.8) is 0 Å². The number of nitrogens with zero attached hydrogens (tertiary/aromatic N) is 2. The summed E-state index contributed by atoms with van der Waals surface area (Å²) in [5, 5.41) is 24.9. The third-order valence-electron chi connectivity index (χ3n) is 1.92. The van der Waals surface area contributed by atoms with E-state index < -0.39 is 10.8 Å². The highest BCUT2D eigenvalue weighted by Crippen LogP contribution is 2.26. The van der Waals surface area contributed by atoms with Crippen LogP contribution in [0.25, 0.3) is 0 Å². The quantitative estimate of drug-likeness (QED) is 0.260. The van der Waals surface area contributed by atoms with Gasteiger partial charge < -0.3 is 16.9 Å². The molecule has 0 aliphatic rings. The molecule has 0 radical (unpaired) electrons. The maximum absolute atomic E-state index is 10.7. The minimum absolute atomic E-state index is 0.0155. The molecule has 0 bridgehead atoms. The smallest absolute Gasteiger partial charge is 0.280 e. The molecule has 1 aromatic carbocycles. The van der Waals surface area contributed by atoms with E-state index in [1.165, 1.54) is 18.2 Å². The highest BCUT2D eigenvalue weighted by molar-refractivity contribution is 6.38. The third-order valence-corrected chi connectivity index (χ3v) is 1.92. The SMILES string of the molecule is N=Cc1c(N=C(N)C(=N)N)cccc1[N+](=O)[O-]. The summed E-state index contributed by atoms with van der Waals surface area (Å²) in [6, 6.07) is 4.11. The highest BCUT2D eigenvalue weighted by Gasteiger charge is 2.15. The lowest BCUT2D eigenvalue weighted by Gasteiger charge is -2.02. The molecule has 1 rings (SSSR count). The Labute approximate surface area is 96.1 Å². The van der Waals surface area contributed by atoms with Gasteiger partial charge >= 0.3 is 0 Å². The molecule has 0 aliphatic heterocycles. The Hall–Kier alpha value is -2.77. The molecule has 0 atom stereocenters. The fraction of sp³-hybridized carbons (Fsp3) is 0. The zero-order valence-electron chi connectivity index (χ0n) is 8.68. The number of rotatable bonds is 3. The van der Waals surface area contributed by atoms with Crippen LogP contribution in [-0.4, -0.2) is 22.8 Å². The number of nitro groups is 1. The van der Waals surface area contributed by atoms with Gasteiger partial charge in [-0.2, -0.15) is 0 Å². The van der Waals surface area contributed by atoms with Crippen molar-refractivity contribution in [3.8, 4) is 0 Å². The minimum Gasteiger partial charge on any atom is -0.381 e. The van der Waals surface area contributed by atoms with Crippen molar-refractivity contribution in [2.24, 2.45) is 16.5 Å². The molecule has 0 aliphatic carbocycles. The first-order chi connectivity index (χ1) is 7.97. The number of hydrogen-bond donors (Lipinski definition) is 4. The van der Waals surface area contributed by atoms with Crippen molar-refractivity contribution in [1.29, 1.82) is 10.8 Å².